The van der Waals surface area contributed by atoms with E-state index < -0.39 is 0 Å². The molecule has 1 aliphatic rings. The van der Waals surface area contributed by atoms with Crippen LogP contribution in [0.5, 0.6) is 11.5 Å². The molecular weight excluding hydrogens is 268 g/mol. The van der Waals surface area contributed by atoms with Crippen LogP contribution in [0.4, 0.5) is 0 Å². The molecule has 116 valence electrons. The molecular formula is C16H24N2O3. The van der Waals surface area contributed by atoms with E-state index in [1.165, 1.54) is 0 Å². The molecule has 1 amide bonds. The van der Waals surface area contributed by atoms with Gasteiger partial charge in [-0.3, -0.25) is 4.79 Å². The van der Waals surface area contributed by atoms with Crippen LogP contribution >= 0.6 is 0 Å². The van der Waals surface area contributed by atoms with E-state index in [1.54, 1.807) is 25.3 Å². The molecule has 0 heterocycles. The molecule has 1 aromatic rings. The molecule has 0 aliphatic heterocycles. The summed E-state index contributed by atoms with van der Waals surface area (Å²) in [6, 6.07) is 5.75. The van der Waals surface area contributed by atoms with Gasteiger partial charge in [0, 0.05) is 17.6 Å². The molecule has 1 saturated carbocycles. The van der Waals surface area contributed by atoms with Crippen LogP contribution in [0.25, 0.3) is 0 Å². The number of ether oxygens (including phenoxy) is 2. The van der Waals surface area contributed by atoms with Gasteiger partial charge in [-0.15, -0.1) is 0 Å². The highest BCUT2D eigenvalue weighted by Crippen LogP contribution is 2.28. The third kappa shape index (κ3) is 4.11. The fourth-order valence-electron chi connectivity index (χ4n) is 2.62. The van der Waals surface area contributed by atoms with Crippen molar-refractivity contribution in [3.8, 4) is 11.5 Å². The predicted molar refractivity (Wildman–Crippen MR) is 81.9 cm³/mol. The number of methoxy groups -OCH3 is 1. The van der Waals surface area contributed by atoms with Gasteiger partial charge in [0.05, 0.1) is 13.7 Å². The van der Waals surface area contributed by atoms with Gasteiger partial charge in [0.1, 0.15) is 0 Å². The van der Waals surface area contributed by atoms with Crippen LogP contribution in [0, 0.1) is 0 Å². The average Bonchev–Trinajstić information content (AvgIpc) is 2.50. The summed E-state index contributed by atoms with van der Waals surface area (Å²) < 4.78 is 10.7. The predicted octanol–water partition coefficient (Wildman–Crippen LogP) is 2.09. The fraction of sp³-hybridized carbons (Fsp3) is 0.562. The molecule has 0 saturated heterocycles. The summed E-state index contributed by atoms with van der Waals surface area (Å²) in [6.07, 6.45) is 3.83. The van der Waals surface area contributed by atoms with E-state index in [0.29, 0.717) is 23.7 Å². The molecule has 0 bridgehead atoms. The Morgan fingerprint density at radius 1 is 1.29 bits per heavy atom. The molecule has 0 unspecified atom stereocenters. The minimum Gasteiger partial charge on any atom is -0.493 e. The first kappa shape index (κ1) is 15.6. The van der Waals surface area contributed by atoms with Crippen LogP contribution in [-0.2, 0) is 0 Å². The molecule has 0 atom stereocenters. The second-order valence-corrected chi connectivity index (χ2v) is 5.38. The van der Waals surface area contributed by atoms with E-state index >= 15 is 0 Å². The molecule has 2 rings (SSSR count). The maximum absolute atomic E-state index is 12.3. The maximum Gasteiger partial charge on any atom is 0.251 e. The van der Waals surface area contributed by atoms with Gasteiger partial charge in [0.2, 0.25) is 0 Å². The number of nitrogens with two attached hydrogens (primary N) is 1. The van der Waals surface area contributed by atoms with Crippen LogP contribution in [0.1, 0.15) is 43.0 Å². The van der Waals surface area contributed by atoms with Gasteiger partial charge in [-0.25, -0.2) is 0 Å². The second kappa shape index (κ2) is 7.31. The van der Waals surface area contributed by atoms with Crippen molar-refractivity contribution in [2.45, 2.75) is 44.7 Å². The Balaban J connectivity index is 2.02. The van der Waals surface area contributed by atoms with E-state index in [2.05, 4.69) is 5.32 Å². The molecule has 0 radical (unpaired) electrons. The van der Waals surface area contributed by atoms with Crippen LogP contribution in [0.2, 0.25) is 0 Å². The number of hydrogen-bond acceptors (Lipinski definition) is 4. The van der Waals surface area contributed by atoms with Gasteiger partial charge < -0.3 is 20.5 Å². The second-order valence-electron chi connectivity index (χ2n) is 5.38. The number of hydrogen-bond donors (Lipinski definition) is 2. The number of nitrogens with one attached hydrogen (secondary N) is 1. The number of carbonyl (C=O) groups is 1. The molecule has 0 spiro atoms. The van der Waals surface area contributed by atoms with Gasteiger partial charge in [0.25, 0.3) is 5.91 Å². The zero-order valence-corrected chi connectivity index (χ0v) is 12.7. The average molecular weight is 292 g/mol. The third-order valence-electron chi connectivity index (χ3n) is 3.83. The highest BCUT2D eigenvalue weighted by molar-refractivity contribution is 5.95. The standard InChI is InChI=1S/C16H24N2O3/c1-3-21-14-9-4-11(10-15(14)20-2)16(19)18-13-7-5-12(17)6-8-13/h4,9-10,12-13H,3,5-8,17H2,1-2H3,(H,18,19). The van der Waals surface area contributed by atoms with Crippen LogP contribution in [0.15, 0.2) is 18.2 Å². The van der Waals surface area contributed by atoms with Crippen molar-refractivity contribution < 1.29 is 14.3 Å². The van der Waals surface area contributed by atoms with E-state index in [4.69, 9.17) is 15.2 Å². The lowest BCUT2D eigenvalue weighted by Crippen LogP contribution is -2.40. The van der Waals surface area contributed by atoms with E-state index in [1.807, 2.05) is 6.92 Å². The smallest absolute Gasteiger partial charge is 0.251 e. The molecule has 1 fully saturated rings. The summed E-state index contributed by atoms with van der Waals surface area (Å²) in [5.41, 5.74) is 6.47. The monoisotopic (exact) mass is 292 g/mol. The minimum atomic E-state index is -0.0724. The Bertz CT molecular complexity index is 482. The van der Waals surface area contributed by atoms with Gasteiger partial charge in [-0.2, -0.15) is 0 Å². The van der Waals surface area contributed by atoms with Gasteiger partial charge in [-0.1, -0.05) is 0 Å². The van der Waals surface area contributed by atoms with Gasteiger partial charge >= 0.3 is 0 Å². The minimum absolute atomic E-state index is 0.0724. The number of benzene rings is 1. The molecule has 3 N–H and O–H groups in total. The van der Waals surface area contributed by atoms with Crippen molar-refractivity contribution in [2.24, 2.45) is 5.73 Å². The van der Waals surface area contributed by atoms with Crippen molar-refractivity contribution in [1.82, 2.24) is 5.32 Å². The fourth-order valence-corrected chi connectivity index (χ4v) is 2.62. The lowest BCUT2D eigenvalue weighted by atomic mass is 9.91. The first-order chi connectivity index (χ1) is 10.1. The van der Waals surface area contributed by atoms with Gasteiger partial charge in [0.15, 0.2) is 11.5 Å². The summed E-state index contributed by atoms with van der Waals surface area (Å²) in [6.45, 7) is 2.47. The molecule has 5 heteroatoms. The Morgan fingerprint density at radius 3 is 2.62 bits per heavy atom. The molecule has 1 aliphatic carbocycles. The lowest BCUT2D eigenvalue weighted by molar-refractivity contribution is 0.0925. The zero-order chi connectivity index (χ0) is 15.2. The first-order valence-electron chi connectivity index (χ1n) is 7.51. The van der Waals surface area contributed by atoms with Crippen molar-refractivity contribution >= 4 is 5.91 Å². The van der Waals surface area contributed by atoms with Crippen molar-refractivity contribution in [1.29, 1.82) is 0 Å². The Labute approximate surface area is 125 Å². The zero-order valence-electron chi connectivity index (χ0n) is 12.7. The van der Waals surface area contributed by atoms with Crippen molar-refractivity contribution in [3.05, 3.63) is 23.8 Å². The largest absolute Gasteiger partial charge is 0.493 e. The normalized spacial score (nSPS) is 21.7. The Morgan fingerprint density at radius 2 is 2.00 bits per heavy atom. The summed E-state index contributed by atoms with van der Waals surface area (Å²) in [7, 11) is 1.57. The van der Waals surface area contributed by atoms with Crippen LogP contribution in [0.3, 0.4) is 0 Å². The summed E-state index contributed by atoms with van der Waals surface area (Å²) in [5, 5.41) is 3.07. The highest BCUT2D eigenvalue weighted by atomic mass is 16.5. The van der Waals surface area contributed by atoms with E-state index in [-0.39, 0.29) is 18.0 Å². The molecule has 0 aromatic heterocycles. The number of rotatable bonds is 5. The van der Waals surface area contributed by atoms with Crippen LogP contribution < -0.4 is 20.5 Å². The lowest BCUT2D eigenvalue weighted by Gasteiger charge is -2.26. The Hall–Kier alpha value is -1.75. The van der Waals surface area contributed by atoms with Gasteiger partial charge in [-0.05, 0) is 50.8 Å². The van der Waals surface area contributed by atoms with E-state index in [9.17, 15) is 4.79 Å². The Kier molecular flexibility index (Phi) is 5.44. The SMILES string of the molecule is CCOc1ccc(C(=O)NC2CCC(N)CC2)cc1OC. The van der Waals surface area contributed by atoms with E-state index in [0.717, 1.165) is 25.7 Å². The summed E-state index contributed by atoms with van der Waals surface area (Å²) >= 11 is 0. The molecule has 5 nitrogen and oxygen atoms in total. The van der Waals surface area contributed by atoms with Crippen molar-refractivity contribution in [2.75, 3.05) is 13.7 Å². The number of amides is 1. The quantitative estimate of drug-likeness (QED) is 0.871. The maximum atomic E-state index is 12.3. The number of carbonyl (C=O) groups excluding carboxylic acids is 1. The van der Waals surface area contributed by atoms with Crippen LogP contribution in [-0.4, -0.2) is 31.7 Å². The summed E-state index contributed by atoms with van der Waals surface area (Å²) in [4.78, 5) is 12.3. The summed E-state index contributed by atoms with van der Waals surface area (Å²) in [5.74, 6) is 1.16. The topological polar surface area (TPSA) is 73.6 Å². The van der Waals surface area contributed by atoms with Crippen molar-refractivity contribution in [3.63, 3.8) is 0 Å². The molecule has 1 aromatic carbocycles. The first-order valence-corrected chi connectivity index (χ1v) is 7.51. The highest BCUT2D eigenvalue weighted by Gasteiger charge is 2.21. The third-order valence-corrected chi connectivity index (χ3v) is 3.83. The molecule has 21 heavy (non-hydrogen) atoms.